The number of alkyl halides is 8. The molecule has 2 bridgehead atoms. The number of fused-ring (bicyclic) bond motifs is 1. The van der Waals surface area contributed by atoms with Crippen molar-refractivity contribution in [3.63, 3.8) is 0 Å². The maximum absolute atomic E-state index is 13.6. The van der Waals surface area contributed by atoms with Crippen molar-refractivity contribution < 1.29 is 40.2 Å². The van der Waals surface area contributed by atoms with Gasteiger partial charge in [0.1, 0.15) is 11.6 Å². The van der Waals surface area contributed by atoms with Crippen LogP contribution in [0, 0.1) is 5.92 Å². The number of hydrogen-bond acceptors (Lipinski definition) is 5. The molecule has 36 heavy (non-hydrogen) atoms. The molecule has 14 heteroatoms. The zero-order chi connectivity index (χ0) is 26.3. The van der Waals surface area contributed by atoms with Gasteiger partial charge in [-0.05, 0) is 31.2 Å². The number of aliphatic hydroxyl groups is 1. The molecule has 3 saturated carbocycles. The summed E-state index contributed by atoms with van der Waals surface area (Å²) in [6, 6.07) is 0.545. The number of rotatable bonds is 4. The van der Waals surface area contributed by atoms with E-state index in [2.05, 4.69) is 9.97 Å². The van der Waals surface area contributed by atoms with Gasteiger partial charge in [-0.25, -0.2) is 18.7 Å². The molecule has 0 aromatic carbocycles. The summed E-state index contributed by atoms with van der Waals surface area (Å²) in [5.74, 6) is -4.17. The van der Waals surface area contributed by atoms with Gasteiger partial charge in [0.25, 0.3) is 5.92 Å². The van der Waals surface area contributed by atoms with E-state index >= 15 is 0 Å². The van der Waals surface area contributed by atoms with E-state index in [4.69, 9.17) is 5.73 Å². The van der Waals surface area contributed by atoms with Crippen LogP contribution in [0.3, 0.4) is 0 Å². The summed E-state index contributed by atoms with van der Waals surface area (Å²) in [7, 11) is 0. The van der Waals surface area contributed by atoms with Gasteiger partial charge in [0, 0.05) is 55.5 Å². The molecule has 1 aliphatic heterocycles. The van der Waals surface area contributed by atoms with Crippen molar-refractivity contribution in [2.45, 2.75) is 68.1 Å². The molecule has 3 N–H and O–H groups in total. The van der Waals surface area contributed by atoms with Crippen LogP contribution < -0.4 is 5.73 Å². The van der Waals surface area contributed by atoms with E-state index in [9.17, 15) is 40.2 Å². The van der Waals surface area contributed by atoms with E-state index in [0.717, 1.165) is 6.20 Å². The SMILES string of the molecule is Nc1ncc(-c2cn(C34CC(C3)C(N3CCC(F)(F)CC3)C4)c(C(O)C(F)(F)F)n2)cc1C(F)(F)F. The van der Waals surface area contributed by atoms with Gasteiger partial charge < -0.3 is 15.4 Å². The van der Waals surface area contributed by atoms with Crippen molar-refractivity contribution >= 4 is 5.82 Å². The number of hydrogen-bond donors (Lipinski definition) is 2. The lowest BCUT2D eigenvalue weighted by Crippen LogP contribution is -2.46. The molecule has 4 fully saturated rings. The van der Waals surface area contributed by atoms with E-state index in [0.29, 0.717) is 25.3 Å². The number of nitrogens with two attached hydrogens (primary N) is 1. The minimum Gasteiger partial charge on any atom is -0.383 e. The highest BCUT2D eigenvalue weighted by molar-refractivity contribution is 5.62. The van der Waals surface area contributed by atoms with E-state index in [1.165, 1.54) is 10.8 Å². The zero-order valence-corrected chi connectivity index (χ0v) is 18.8. The average Bonchev–Trinajstić information content (AvgIpc) is 3.43. The Labute approximate surface area is 200 Å². The molecule has 198 valence electrons. The number of halogens is 8. The van der Waals surface area contributed by atoms with Crippen molar-refractivity contribution in [1.82, 2.24) is 19.4 Å². The standard InChI is InChI=1S/C22H23F8N5O/c23-20(24)1-3-34(4-2-20)15-8-19(6-12(15)7-19)35-10-14(33-18(35)16(36)22(28,29)30)11-5-13(21(25,26)27)17(31)32-9-11/h5,9-10,12,15-16,36H,1-4,6-8H2,(H2,31,32). The van der Waals surface area contributed by atoms with E-state index in [1.807, 2.05) is 4.90 Å². The Morgan fingerprint density at radius 3 is 2.28 bits per heavy atom. The minimum absolute atomic E-state index is 0.0773. The van der Waals surface area contributed by atoms with Crippen LogP contribution in [-0.2, 0) is 11.7 Å². The Kier molecular flexibility index (Phi) is 5.60. The van der Waals surface area contributed by atoms with Crippen molar-refractivity contribution in [2.24, 2.45) is 5.92 Å². The first-order chi connectivity index (χ1) is 16.6. The number of likely N-dealkylation sites (tertiary alicyclic amines) is 1. The van der Waals surface area contributed by atoms with Gasteiger partial charge in [-0.2, -0.15) is 26.3 Å². The number of nitrogen functional groups attached to an aromatic ring is 1. The first kappa shape index (κ1) is 25.2. The summed E-state index contributed by atoms with van der Waals surface area (Å²) in [6.07, 6.45) is -9.99. The Hall–Kier alpha value is -2.48. The first-order valence-corrected chi connectivity index (χ1v) is 11.4. The number of aliphatic hydroxyl groups excluding tert-OH is 1. The van der Waals surface area contributed by atoms with Crippen LogP contribution in [-0.4, -0.2) is 55.8 Å². The predicted molar refractivity (Wildman–Crippen MR) is 111 cm³/mol. The molecule has 4 aliphatic rings. The van der Waals surface area contributed by atoms with Crippen LogP contribution >= 0.6 is 0 Å². The molecule has 3 aliphatic carbocycles. The maximum Gasteiger partial charge on any atom is 0.421 e. The monoisotopic (exact) mass is 525 g/mol. The Bertz CT molecular complexity index is 1140. The van der Waals surface area contributed by atoms with Crippen LogP contribution in [0.25, 0.3) is 11.3 Å². The molecule has 2 aromatic rings. The molecular weight excluding hydrogens is 502 g/mol. The van der Waals surface area contributed by atoms with Crippen molar-refractivity contribution in [3.8, 4) is 11.3 Å². The molecule has 2 unspecified atom stereocenters. The maximum atomic E-state index is 13.6. The highest BCUT2D eigenvalue weighted by atomic mass is 19.4. The first-order valence-electron chi connectivity index (χ1n) is 11.4. The average molecular weight is 525 g/mol. The van der Waals surface area contributed by atoms with Gasteiger partial charge in [-0.1, -0.05) is 0 Å². The van der Waals surface area contributed by atoms with Gasteiger partial charge in [0.2, 0.25) is 6.10 Å². The Balaban J connectivity index is 1.50. The number of aromatic nitrogens is 3. The third-order valence-electron chi connectivity index (χ3n) is 7.73. The molecule has 6 rings (SSSR count). The van der Waals surface area contributed by atoms with Crippen LogP contribution in [0.5, 0.6) is 0 Å². The molecule has 2 atom stereocenters. The second-order valence-electron chi connectivity index (χ2n) is 10.0. The summed E-state index contributed by atoms with van der Waals surface area (Å²) in [6.45, 7) is 0.351. The van der Waals surface area contributed by atoms with E-state index in [-0.39, 0.29) is 49.1 Å². The largest absolute Gasteiger partial charge is 0.421 e. The number of pyridine rings is 1. The molecule has 0 amide bonds. The van der Waals surface area contributed by atoms with Crippen LogP contribution in [0.1, 0.15) is 49.6 Å². The fourth-order valence-electron chi connectivity index (χ4n) is 5.91. The molecule has 0 radical (unpaired) electrons. The number of piperidine rings is 1. The zero-order valence-electron chi connectivity index (χ0n) is 18.8. The van der Waals surface area contributed by atoms with E-state index in [1.54, 1.807) is 0 Å². The van der Waals surface area contributed by atoms with Gasteiger partial charge >= 0.3 is 12.4 Å². The molecule has 1 saturated heterocycles. The highest BCUT2D eigenvalue weighted by Gasteiger charge is 2.60. The topological polar surface area (TPSA) is 80.2 Å². The molecular formula is C22H23F8N5O. The Morgan fingerprint density at radius 2 is 1.69 bits per heavy atom. The number of anilines is 1. The smallest absolute Gasteiger partial charge is 0.383 e. The predicted octanol–water partition coefficient (Wildman–Crippen LogP) is 4.75. The second-order valence-corrected chi connectivity index (χ2v) is 10.0. The fraction of sp³-hybridized carbons (Fsp3) is 0.636. The third kappa shape index (κ3) is 4.21. The van der Waals surface area contributed by atoms with Crippen LogP contribution in [0.15, 0.2) is 18.5 Å². The molecule has 0 spiro atoms. The van der Waals surface area contributed by atoms with Crippen molar-refractivity contribution in [3.05, 3.63) is 29.8 Å². The van der Waals surface area contributed by atoms with Crippen LogP contribution in [0.4, 0.5) is 40.9 Å². The quantitative estimate of drug-likeness (QED) is 0.564. The van der Waals surface area contributed by atoms with Crippen molar-refractivity contribution in [1.29, 1.82) is 0 Å². The van der Waals surface area contributed by atoms with Gasteiger partial charge in [-0.15, -0.1) is 0 Å². The minimum atomic E-state index is -5.06. The third-order valence-corrected chi connectivity index (χ3v) is 7.73. The second kappa shape index (κ2) is 8.01. The lowest BCUT2D eigenvalue weighted by molar-refractivity contribution is -0.210. The normalized spacial score (nSPS) is 29.2. The summed E-state index contributed by atoms with van der Waals surface area (Å²) in [5.41, 5.74) is 2.80. The molecule has 6 nitrogen and oxygen atoms in total. The van der Waals surface area contributed by atoms with E-state index < -0.39 is 47.1 Å². The van der Waals surface area contributed by atoms with Crippen LogP contribution in [0.2, 0.25) is 0 Å². The van der Waals surface area contributed by atoms with Crippen molar-refractivity contribution in [2.75, 3.05) is 18.8 Å². The van der Waals surface area contributed by atoms with Gasteiger partial charge in [-0.3, -0.25) is 4.90 Å². The Morgan fingerprint density at radius 1 is 1.06 bits per heavy atom. The summed E-state index contributed by atoms with van der Waals surface area (Å²) >= 11 is 0. The molecule has 3 heterocycles. The lowest BCUT2D eigenvalue weighted by Gasteiger charge is -2.42. The number of imidazole rings is 1. The summed E-state index contributed by atoms with van der Waals surface area (Å²) < 4.78 is 109. The highest BCUT2D eigenvalue weighted by Crippen LogP contribution is 2.60. The number of nitrogens with zero attached hydrogens (tertiary/aromatic N) is 4. The summed E-state index contributed by atoms with van der Waals surface area (Å²) in [4.78, 5) is 9.36. The van der Waals surface area contributed by atoms with Gasteiger partial charge in [0.15, 0.2) is 0 Å². The lowest BCUT2D eigenvalue weighted by atomic mass is 9.76. The fourth-order valence-corrected chi connectivity index (χ4v) is 5.91. The molecule has 2 aromatic heterocycles. The summed E-state index contributed by atoms with van der Waals surface area (Å²) in [5, 5.41) is 10.1. The van der Waals surface area contributed by atoms with Gasteiger partial charge in [0.05, 0.1) is 11.3 Å².